The number of carboxylic acid groups (broad SMARTS) is 1. The summed E-state index contributed by atoms with van der Waals surface area (Å²) in [5.41, 5.74) is 2.60. The molecule has 1 heterocycles. The normalized spacial score (nSPS) is 24.5. The molecule has 5 heteroatoms. The summed E-state index contributed by atoms with van der Waals surface area (Å²) in [7, 11) is 0. The molecule has 1 aliphatic carbocycles. The van der Waals surface area contributed by atoms with Gasteiger partial charge in [-0.1, -0.05) is 25.0 Å². The van der Waals surface area contributed by atoms with Gasteiger partial charge in [0.25, 0.3) is 0 Å². The number of hydrogen-bond donors (Lipinski definition) is 1. The maximum absolute atomic E-state index is 11.5. The van der Waals surface area contributed by atoms with E-state index in [1.165, 1.54) is 17.2 Å². The first-order valence-electron chi connectivity index (χ1n) is 10.3. The highest BCUT2D eigenvalue weighted by atomic mass is 16.5. The number of carboxylic acids is 1. The van der Waals surface area contributed by atoms with Crippen molar-refractivity contribution in [3.05, 3.63) is 51.9 Å². The molecule has 1 aromatic heterocycles. The summed E-state index contributed by atoms with van der Waals surface area (Å²) in [6, 6.07) is 8.65. The van der Waals surface area contributed by atoms with Crippen molar-refractivity contribution in [3.8, 4) is 5.75 Å². The van der Waals surface area contributed by atoms with Crippen molar-refractivity contribution in [2.75, 3.05) is 6.61 Å². The van der Waals surface area contributed by atoms with Crippen LogP contribution in [0, 0.1) is 17.3 Å². The van der Waals surface area contributed by atoms with Crippen LogP contribution >= 0.6 is 0 Å². The van der Waals surface area contributed by atoms with E-state index in [1.54, 1.807) is 12.1 Å². The van der Waals surface area contributed by atoms with Crippen LogP contribution < -0.4 is 10.4 Å². The minimum Gasteiger partial charge on any atom is -0.493 e. The van der Waals surface area contributed by atoms with Crippen molar-refractivity contribution in [2.45, 2.75) is 53.4 Å². The fourth-order valence-corrected chi connectivity index (χ4v) is 4.60. The van der Waals surface area contributed by atoms with Crippen molar-refractivity contribution in [3.63, 3.8) is 0 Å². The van der Waals surface area contributed by atoms with E-state index in [1.807, 2.05) is 12.1 Å². The van der Waals surface area contributed by atoms with Gasteiger partial charge in [-0.15, -0.1) is 0 Å². The Morgan fingerprint density at radius 1 is 1.28 bits per heavy atom. The molecule has 5 nitrogen and oxygen atoms in total. The van der Waals surface area contributed by atoms with E-state index in [9.17, 15) is 14.7 Å². The third-order valence-corrected chi connectivity index (χ3v) is 6.62. The van der Waals surface area contributed by atoms with Crippen LogP contribution in [0.5, 0.6) is 5.75 Å². The maximum atomic E-state index is 11.5. The van der Waals surface area contributed by atoms with Crippen molar-refractivity contribution in [1.29, 1.82) is 0 Å². The molecule has 1 saturated carbocycles. The zero-order valence-corrected chi connectivity index (χ0v) is 17.7. The van der Waals surface area contributed by atoms with Gasteiger partial charge in [0.05, 0.1) is 6.61 Å². The van der Waals surface area contributed by atoms with E-state index in [4.69, 9.17) is 9.15 Å². The van der Waals surface area contributed by atoms with Crippen LogP contribution in [0.3, 0.4) is 0 Å². The standard InChI is InChI=1S/C24H30O5/c1-15(2)19-9-5-16(3)24(4,20(19)10-11-22(25)26)14-28-18-8-6-17-7-12-23(27)29-21(17)13-18/h6-8,12-13,16,20H,5,9-11,14H2,1-4H3,(H,25,26)/t16-,20-,24+/m1/s1. The van der Waals surface area contributed by atoms with Crippen molar-refractivity contribution in [2.24, 2.45) is 17.3 Å². The number of ether oxygens (including phenoxy) is 1. The number of hydrogen-bond acceptors (Lipinski definition) is 4. The summed E-state index contributed by atoms with van der Waals surface area (Å²) in [5.74, 6) is 0.472. The summed E-state index contributed by atoms with van der Waals surface area (Å²) in [6.07, 6.45) is 2.86. The Kier molecular flexibility index (Phi) is 6.15. The van der Waals surface area contributed by atoms with Gasteiger partial charge in [-0.25, -0.2) is 4.79 Å². The van der Waals surface area contributed by atoms with Crippen molar-refractivity contribution < 1.29 is 19.1 Å². The average Bonchev–Trinajstić information content (AvgIpc) is 2.66. The molecule has 0 radical (unpaired) electrons. The summed E-state index contributed by atoms with van der Waals surface area (Å²) < 4.78 is 11.5. The fraction of sp³-hybridized carbons (Fsp3) is 0.500. The number of aliphatic carboxylic acids is 1. The van der Waals surface area contributed by atoms with Gasteiger partial charge in [0, 0.05) is 29.4 Å². The monoisotopic (exact) mass is 398 g/mol. The molecular formula is C24H30O5. The van der Waals surface area contributed by atoms with Crippen molar-refractivity contribution >= 4 is 16.9 Å². The molecule has 156 valence electrons. The van der Waals surface area contributed by atoms with Crippen LogP contribution in [-0.2, 0) is 4.79 Å². The lowest BCUT2D eigenvalue weighted by Crippen LogP contribution is -2.44. The lowest BCUT2D eigenvalue weighted by atomic mass is 9.58. The predicted octanol–water partition coefficient (Wildman–Crippen LogP) is 5.43. The summed E-state index contributed by atoms with van der Waals surface area (Å²) in [5, 5.41) is 10.1. The minimum absolute atomic E-state index is 0.158. The Hall–Kier alpha value is -2.56. The topological polar surface area (TPSA) is 76.7 Å². The summed E-state index contributed by atoms with van der Waals surface area (Å²) in [4.78, 5) is 22.8. The van der Waals surface area contributed by atoms with E-state index in [2.05, 4.69) is 27.7 Å². The van der Waals surface area contributed by atoms with E-state index in [0.29, 0.717) is 30.3 Å². The highest BCUT2D eigenvalue weighted by Gasteiger charge is 2.45. The molecule has 1 aromatic carbocycles. The Morgan fingerprint density at radius 2 is 2.00 bits per heavy atom. The smallest absolute Gasteiger partial charge is 0.336 e. The van der Waals surface area contributed by atoms with E-state index >= 15 is 0 Å². The quantitative estimate of drug-likeness (QED) is 0.519. The van der Waals surface area contributed by atoms with E-state index in [0.717, 1.165) is 18.2 Å². The average molecular weight is 398 g/mol. The predicted molar refractivity (Wildman–Crippen MR) is 113 cm³/mol. The van der Waals surface area contributed by atoms with Crippen LogP contribution in [-0.4, -0.2) is 17.7 Å². The molecule has 0 bridgehead atoms. The Bertz CT molecular complexity index is 982. The van der Waals surface area contributed by atoms with Gasteiger partial charge in [-0.2, -0.15) is 0 Å². The summed E-state index contributed by atoms with van der Waals surface area (Å²) in [6.45, 7) is 9.17. The maximum Gasteiger partial charge on any atom is 0.336 e. The highest BCUT2D eigenvalue weighted by molar-refractivity contribution is 5.77. The van der Waals surface area contributed by atoms with Gasteiger partial charge in [-0.3, -0.25) is 4.79 Å². The molecule has 1 N–H and O–H groups in total. The van der Waals surface area contributed by atoms with Gasteiger partial charge in [0.1, 0.15) is 11.3 Å². The number of fused-ring (bicyclic) bond motifs is 1. The van der Waals surface area contributed by atoms with Gasteiger partial charge >= 0.3 is 11.6 Å². The molecule has 3 atom stereocenters. The largest absolute Gasteiger partial charge is 0.493 e. The lowest BCUT2D eigenvalue weighted by Gasteiger charge is -2.48. The zero-order chi connectivity index (χ0) is 21.2. The second-order valence-electron chi connectivity index (χ2n) is 8.70. The number of carbonyl (C=O) groups is 1. The lowest BCUT2D eigenvalue weighted by molar-refractivity contribution is -0.137. The molecule has 0 unspecified atom stereocenters. The van der Waals surface area contributed by atoms with Crippen molar-refractivity contribution in [1.82, 2.24) is 0 Å². The number of benzene rings is 1. The van der Waals surface area contributed by atoms with Crippen LogP contribution in [0.25, 0.3) is 11.0 Å². The number of rotatable bonds is 6. The Labute approximate surface area is 171 Å². The van der Waals surface area contributed by atoms with E-state index in [-0.39, 0.29) is 23.4 Å². The molecule has 0 amide bonds. The van der Waals surface area contributed by atoms with Crippen LogP contribution in [0.2, 0.25) is 0 Å². The fourth-order valence-electron chi connectivity index (χ4n) is 4.60. The van der Waals surface area contributed by atoms with E-state index < -0.39 is 5.97 Å². The molecular weight excluding hydrogens is 368 g/mol. The summed E-state index contributed by atoms with van der Waals surface area (Å²) >= 11 is 0. The highest BCUT2D eigenvalue weighted by Crippen LogP contribution is 2.51. The third-order valence-electron chi connectivity index (χ3n) is 6.62. The van der Waals surface area contributed by atoms with Gasteiger partial charge in [-0.05, 0) is 63.1 Å². The molecule has 3 rings (SSSR count). The van der Waals surface area contributed by atoms with Gasteiger partial charge in [0.15, 0.2) is 0 Å². The third kappa shape index (κ3) is 4.55. The molecule has 29 heavy (non-hydrogen) atoms. The second kappa shape index (κ2) is 8.44. The minimum atomic E-state index is -0.760. The Morgan fingerprint density at radius 3 is 2.69 bits per heavy atom. The van der Waals surface area contributed by atoms with Gasteiger partial charge < -0.3 is 14.3 Å². The zero-order valence-electron chi connectivity index (χ0n) is 17.7. The first kappa shape index (κ1) is 21.2. The Balaban J connectivity index is 1.87. The molecule has 0 spiro atoms. The number of allylic oxidation sites excluding steroid dienone is 2. The SMILES string of the molecule is CC(C)=C1CC[C@@H](C)[C@](C)(COc2ccc3ccc(=O)oc3c2)[C@@H]1CCC(=O)O. The first-order valence-corrected chi connectivity index (χ1v) is 10.3. The molecule has 0 aliphatic heterocycles. The van der Waals surface area contributed by atoms with Crippen LogP contribution in [0.1, 0.15) is 53.4 Å². The molecule has 0 saturated heterocycles. The van der Waals surface area contributed by atoms with Crippen LogP contribution in [0.4, 0.5) is 0 Å². The second-order valence-corrected chi connectivity index (χ2v) is 8.70. The molecule has 1 aliphatic rings. The van der Waals surface area contributed by atoms with Gasteiger partial charge in [0.2, 0.25) is 0 Å². The molecule has 1 fully saturated rings. The van der Waals surface area contributed by atoms with Crippen LogP contribution in [0.15, 0.2) is 50.7 Å². The first-order chi connectivity index (χ1) is 13.7. The molecule has 2 aromatic rings.